The fourth-order valence-electron chi connectivity index (χ4n) is 1.88. The van der Waals surface area contributed by atoms with E-state index in [0.29, 0.717) is 18.1 Å². The van der Waals surface area contributed by atoms with Crippen LogP contribution < -0.4 is 5.32 Å². The maximum atomic E-state index is 13.2. The van der Waals surface area contributed by atoms with Crippen LogP contribution in [0.4, 0.5) is 13.2 Å². The molecule has 1 aromatic carbocycles. The van der Waals surface area contributed by atoms with Gasteiger partial charge in [-0.05, 0) is 38.5 Å². The van der Waals surface area contributed by atoms with E-state index in [9.17, 15) is 13.2 Å². The predicted molar refractivity (Wildman–Crippen MR) is 78.5 cm³/mol. The van der Waals surface area contributed by atoms with Crippen molar-refractivity contribution in [1.82, 2.24) is 5.32 Å². The van der Waals surface area contributed by atoms with E-state index in [4.69, 9.17) is 4.74 Å². The van der Waals surface area contributed by atoms with E-state index >= 15 is 0 Å². The molecule has 0 bridgehead atoms. The van der Waals surface area contributed by atoms with Crippen LogP contribution in [0.15, 0.2) is 23.1 Å². The van der Waals surface area contributed by atoms with Gasteiger partial charge in [0, 0.05) is 17.0 Å². The van der Waals surface area contributed by atoms with Gasteiger partial charge in [-0.25, -0.2) is 0 Å². The first-order valence-electron chi connectivity index (χ1n) is 6.85. The molecule has 1 saturated heterocycles. The molecule has 6 heteroatoms. The molecule has 1 aromatic rings. The summed E-state index contributed by atoms with van der Waals surface area (Å²) in [6.07, 6.45) is -4.33. The van der Waals surface area contributed by atoms with Crippen LogP contribution in [0.25, 0.3) is 0 Å². The van der Waals surface area contributed by atoms with Crippen LogP contribution in [0, 0.1) is 0 Å². The van der Waals surface area contributed by atoms with Crippen molar-refractivity contribution in [2.24, 2.45) is 0 Å². The number of halogens is 3. The van der Waals surface area contributed by atoms with Crippen molar-refractivity contribution in [2.45, 2.75) is 49.2 Å². The molecule has 118 valence electrons. The van der Waals surface area contributed by atoms with Crippen molar-refractivity contribution >= 4 is 11.8 Å². The topological polar surface area (TPSA) is 21.3 Å². The SMILES string of the molecule is CC(C)(C)NCc1ccc(SC2COC2)cc1C(F)(F)F. The van der Waals surface area contributed by atoms with E-state index in [2.05, 4.69) is 5.32 Å². The van der Waals surface area contributed by atoms with E-state index < -0.39 is 11.7 Å². The molecule has 0 aliphatic carbocycles. The van der Waals surface area contributed by atoms with E-state index in [1.165, 1.54) is 17.8 Å². The van der Waals surface area contributed by atoms with Crippen LogP contribution in [-0.2, 0) is 17.5 Å². The molecule has 0 saturated carbocycles. The first-order chi connectivity index (χ1) is 9.65. The minimum absolute atomic E-state index is 0.204. The molecular formula is C15H20F3NOS. The molecule has 2 rings (SSSR count). The number of alkyl halides is 3. The van der Waals surface area contributed by atoms with Crippen LogP contribution in [-0.4, -0.2) is 24.0 Å². The van der Waals surface area contributed by atoms with Crippen molar-refractivity contribution in [3.8, 4) is 0 Å². The van der Waals surface area contributed by atoms with Gasteiger partial charge in [0.2, 0.25) is 0 Å². The molecule has 0 radical (unpaired) electrons. The summed E-state index contributed by atoms with van der Waals surface area (Å²) in [5.74, 6) is 0. The average Bonchev–Trinajstić information content (AvgIpc) is 2.29. The van der Waals surface area contributed by atoms with Crippen molar-refractivity contribution in [3.05, 3.63) is 29.3 Å². The number of nitrogens with one attached hydrogen (secondary N) is 1. The summed E-state index contributed by atoms with van der Waals surface area (Å²) in [5.41, 5.74) is -0.490. The summed E-state index contributed by atoms with van der Waals surface area (Å²) >= 11 is 1.45. The van der Waals surface area contributed by atoms with Gasteiger partial charge in [0.15, 0.2) is 0 Å². The number of ether oxygens (including phenoxy) is 1. The normalized spacial score (nSPS) is 16.9. The van der Waals surface area contributed by atoms with Gasteiger partial charge in [0.1, 0.15) is 0 Å². The Morgan fingerprint density at radius 1 is 1.24 bits per heavy atom. The second kappa shape index (κ2) is 6.18. The van der Waals surface area contributed by atoms with Gasteiger partial charge in [-0.3, -0.25) is 0 Å². The van der Waals surface area contributed by atoms with Crippen LogP contribution >= 0.6 is 11.8 Å². The molecule has 0 aromatic heterocycles. The first kappa shape index (κ1) is 16.6. The van der Waals surface area contributed by atoms with Crippen molar-refractivity contribution in [2.75, 3.05) is 13.2 Å². The van der Waals surface area contributed by atoms with E-state index in [0.717, 1.165) is 0 Å². The van der Waals surface area contributed by atoms with Crippen LogP contribution in [0.1, 0.15) is 31.9 Å². The predicted octanol–water partition coefficient (Wildman–Crippen LogP) is 4.08. The number of hydrogen-bond acceptors (Lipinski definition) is 3. The maximum absolute atomic E-state index is 13.2. The quantitative estimate of drug-likeness (QED) is 0.903. The molecule has 0 unspecified atom stereocenters. The second-order valence-electron chi connectivity index (χ2n) is 6.20. The molecule has 2 nitrogen and oxygen atoms in total. The van der Waals surface area contributed by atoms with Gasteiger partial charge < -0.3 is 10.1 Å². The van der Waals surface area contributed by atoms with Gasteiger partial charge in [0.05, 0.1) is 24.0 Å². The van der Waals surface area contributed by atoms with Crippen molar-refractivity contribution < 1.29 is 17.9 Å². The molecule has 1 aliphatic heterocycles. The number of benzene rings is 1. The number of thioether (sulfide) groups is 1. The highest BCUT2D eigenvalue weighted by Gasteiger charge is 2.34. The number of rotatable bonds is 4. The third-order valence-corrected chi connectivity index (χ3v) is 4.24. The highest BCUT2D eigenvalue weighted by atomic mass is 32.2. The Kier molecular flexibility index (Phi) is 4.90. The summed E-state index contributed by atoms with van der Waals surface area (Å²) < 4.78 is 44.7. The second-order valence-corrected chi connectivity index (χ2v) is 7.57. The Morgan fingerprint density at radius 2 is 1.90 bits per heavy atom. The summed E-state index contributed by atoms with van der Waals surface area (Å²) in [7, 11) is 0. The lowest BCUT2D eigenvalue weighted by Crippen LogP contribution is -2.35. The van der Waals surface area contributed by atoms with E-state index in [1.807, 2.05) is 20.8 Å². The fraction of sp³-hybridized carbons (Fsp3) is 0.600. The van der Waals surface area contributed by atoms with E-state index in [-0.39, 0.29) is 22.9 Å². The molecule has 0 spiro atoms. The Labute approximate surface area is 127 Å². The largest absolute Gasteiger partial charge is 0.416 e. The summed E-state index contributed by atoms with van der Waals surface area (Å²) in [4.78, 5) is 0.648. The molecule has 1 N–H and O–H groups in total. The molecule has 21 heavy (non-hydrogen) atoms. The lowest BCUT2D eigenvalue weighted by atomic mass is 10.0. The molecule has 1 aliphatic rings. The minimum Gasteiger partial charge on any atom is -0.379 e. The molecule has 0 atom stereocenters. The third kappa shape index (κ3) is 4.90. The average molecular weight is 319 g/mol. The zero-order valence-electron chi connectivity index (χ0n) is 12.4. The molecule has 1 fully saturated rings. The molecule has 1 heterocycles. The minimum atomic E-state index is -4.33. The van der Waals surface area contributed by atoms with Crippen molar-refractivity contribution in [1.29, 1.82) is 0 Å². The van der Waals surface area contributed by atoms with E-state index in [1.54, 1.807) is 12.1 Å². The van der Waals surface area contributed by atoms with Crippen LogP contribution in [0.3, 0.4) is 0 Å². The lowest BCUT2D eigenvalue weighted by Gasteiger charge is -2.26. The zero-order valence-corrected chi connectivity index (χ0v) is 13.2. The maximum Gasteiger partial charge on any atom is 0.416 e. The zero-order chi connectivity index (χ0) is 15.7. The Morgan fingerprint density at radius 3 is 2.38 bits per heavy atom. The summed E-state index contributed by atoms with van der Waals surface area (Å²) in [5, 5.41) is 3.37. The molecule has 0 amide bonds. The lowest BCUT2D eigenvalue weighted by molar-refractivity contribution is -0.138. The van der Waals surface area contributed by atoms with Gasteiger partial charge in [-0.1, -0.05) is 6.07 Å². The van der Waals surface area contributed by atoms with Crippen molar-refractivity contribution in [3.63, 3.8) is 0 Å². The highest BCUT2D eigenvalue weighted by Crippen LogP contribution is 2.36. The smallest absolute Gasteiger partial charge is 0.379 e. The number of hydrogen-bond donors (Lipinski definition) is 1. The highest BCUT2D eigenvalue weighted by molar-refractivity contribution is 8.00. The monoisotopic (exact) mass is 319 g/mol. The third-order valence-electron chi connectivity index (χ3n) is 3.11. The Hall–Kier alpha value is -0.720. The Bertz CT molecular complexity index is 493. The summed E-state index contributed by atoms with van der Waals surface area (Å²) in [6.45, 7) is 7.22. The molecular weight excluding hydrogens is 299 g/mol. The summed E-state index contributed by atoms with van der Waals surface area (Å²) in [6, 6.07) is 4.59. The first-order valence-corrected chi connectivity index (χ1v) is 7.73. The Balaban J connectivity index is 2.18. The fourth-order valence-corrected chi connectivity index (χ4v) is 2.93. The van der Waals surface area contributed by atoms with Gasteiger partial charge in [0.25, 0.3) is 0 Å². The van der Waals surface area contributed by atoms with Crippen LogP contribution in [0.2, 0.25) is 0 Å². The van der Waals surface area contributed by atoms with Gasteiger partial charge in [-0.15, -0.1) is 11.8 Å². The van der Waals surface area contributed by atoms with Crippen LogP contribution in [0.5, 0.6) is 0 Å². The van der Waals surface area contributed by atoms with Gasteiger partial charge in [-0.2, -0.15) is 13.2 Å². The standard InChI is InChI=1S/C15H20F3NOS/c1-14(2,3)19-7-10-4-5-11(21-12-8-20-9-12)6-13(10)15(16,17)18/h4-6,12,19H,7-9H2,1-3H3. The van der Waals surface area contributed by atoms with Gasteiger partial charge >= 0.3 is 6.18 Å².